The minimum absolute atomic E-state index is 0.0664. The van der Waals surface area contributed by atoms with Gasteiger partial charge in [-0.1, -0.05) is 41.1 Å². The van der Waals surface area contributed by atoms with Crippen LogP contribution in [-0.2, 0) is 4.79 Å². The van der Waals surface area contributed by atoms with Crippen molar-refractivity contribution >= 4 is 62.4 Å². The zero-order chi connectivity index (χ0) is 22.7. The Bertz CT molecular complexity index is 1380. The normalized spacial score (nSPS) is 11.6. The first-order valence-electron chi connectivity index (χ1n) is 9.02. The number of thiazole rings is 1. The third kappa shape index (κ3) is 4.71. The van der Waals surface area contributed by atoms with E-state index in [2.05, 4.69) is 10.1 Å². The van der Waals surface area contributed by atoms with Crippen molar-refractivity contribution in [2.45, 2.75) is 0 Å². The quantitative estimate of drug-likeness (QED) is 0.156. The molecule has 32 heavy (non-hydrogen) atoms. The summed E-state index contributed by atoms with van der Waals surface area (Å²) in [6.07, 6.45) is 3.94. The summed E-state index contributed by atoms with van der Waals surface area (Å²) >= 11 is 7.18. The van der Waals surface area contributed by atoms with Gasteiger partial charge in [0.05, 0.1) is 22.5 Å². The van der Waals surface area contributed by atoms with Gasteiger partial charge < -0.3 is 4.42 Å². The topological polar surface area (TPSA) is 102 Å². The van der Waals surface area contributed by atoms with Crippen LogP contribution in [0.25, 0.3) is 16.3 Å². The van der Waals surface area contributed by atoms with Crippen molar-refractivity contribution in [1.82, 2.24) is 4.98 Å². The molecule has 0 aliphatic heterocycles. The Labute approximate surface area is 189 Å². The molecule has 0 fully saturated rings. The number of rotatable bonds is 6. The molecule has 0 unspecified atom stereocenters. The molecule has 0 aliphatic carbocycles. The molecule has 2 aromatic heterocycles. The van der Waals surface area contributed by atoms with Crippen molar-refractivity contribution < 1.29 is 18.5 Å². The summed E-state index contributed by atoms with van der Waals surface area (Å²) in [7, 11) is 0. The third-order valence-corrected chi connectivity index (χ3v) is 5.47. The molecule has 0 saturated carbocycles. The smallest absolute Gasteiger partial charge is 0.400 e. The lowest BCUT2D eigenvalue weighted by molar-refractivity contribution is -0.402. The van der Waals surface area contributed by atoms with E-state index in [-0.39, 0.29) is 10.9 Å². The molecule has 0 saturated heterocycles. The lowest BCUT2D eigenvalue weighted by Gasteiger charge is -2.10. The Morgan fingerprint density at radius 2 is 2.06 bits per heavy atom. The van der Waals surface area contributed by atoms with E-state index in [9.17, 15) is 19.3 Å². The summed E-state index contributed by atoms with van der Waals surface area (Å²) < 4.78 is 19.1. The number of aromatic nitrogens is 1. The molecule has 0 radical (unpaired) electrons. The van der Waals surface area contributed by atoms with Gasteiger partial charge in [-0.15, -0.1) is 0 Å². The largest absolute Gasteiger partial charge is 0.433 e. The highest BCUT2D eigenvalue weighted by molar-refractivity contribution is 7.22. The van der Waals surface area contributed by atoms with Crippen LogP contribution in [0.5, 0.6) is 0 Å². The third-order valence-electron chi connectivity index (χ3n) is 4.13. The van der Waals surface area contributed by atoms with Crippen molar-refractivity contribution in [3.05, 3.63) is 93.0 Å². The Morgan fingerprint density at radius 3 is 2.81 bits per heavy atom. The number of hydrogen-bond donors (Lipinski definition) is 0. The maximum absolute atomic E-state index is 13.6. The average Bonchev–Trinajstić information content (AvgIpc) is 3.40. The van der Waals surface area contributed by atoms with E-state index in [1.54, 1.807) is 24.3 Å². The molecule has 0 bridgehead atoms. The van der Waals surface area contributed by atoms with Crippen LogP contribution >= 0.6 is 22.9 Å². The van der Waals surface area contributed by atoms with Crippen LogP contribution in [0.2, 0.25) is 5.02 Å². The lowest BCUT2D eigenvalue weighted by atomic mass is 10.2. The molecular formula is C21H12ClFN4O4S. The van der Waals surface area contributed by atoms with Crippen molar-refractivity contribution in [3.63, 3.8) is 0 Å². The van der Waals surface area contributed by atoms with Crippen LogP contribution in [0.15, 0.2) is 70.2 Å². The van der Waals surface area contributed by atoms with Gasteiger partial charge in [0, 0.05) is 11.1 Å². The minimum Gasteiger partial charge on any atom is -0.400 e. The number of carbonyl (C=O) groups is 1. The molecule has 0 N–H and O–H groups in total. The van der Waals surface area contributed by atoms with E-state index in [1.165, 1.54) is 42.5 Å². The summed E-state index contributed by atoms with van der Waals surface area (Å²) in [5, 5.41) is 16.5. The van der Waals surface area contributed by atoms with E-state index in [0.29, 0.717) is 20.8 Å². The standard InChI is InChI=1S/C21H12ClFN4O4S/c22-16-4-2-1-3-13(16)5-9-19(28)26(24-12-15-7-10-20(31-15)27(29)30)21-25-17-8-6-14(23)11-18(17)32-21/h1-12H/b9-5+,24-12+. The van der Waals surface area contributed by atoms with Gasteiger partial charge in [-0.3, -0.25) is 14.9 Å². The van der Waals surface area contributed by atoms with Crippen LogP contribution < -0.4 is 5.01 Å². The van der Waals surface area contributed by atoms with Gasteiger partial charge in [0.1, 0.15) is 10.7 Å². The number of nitrogens with zero attached hydrogens (tertiary/aromatic N) is 4. The number of benzene rings is 2. The summed E-state index contributed by atoms with van der Waals surface area (Å²) in [5.74, 6) is -1.40. The van der Waals surface area contributed by atoms with Crippen molar-refractivity contribution in [1.29, 1.82) is 0 Å². The second-order valence-electron chi connectivity index (χ2n) is 6.29. The van der Waals surface area contributed by atoms with Crippen LogP contribution in [0.4, 0.5) is 15.4 Å². The Kier molecular flexibility index (Phi) is 6.06. The van der Waals surface area contributed by atoms with Crippen LogP contribution in [0, 0.1) is 15.9 Å². The van der Waals surface area contributed by atoms with E-state index in [4.69, 9.17) is 16.0 Å². The first kappa shape index (κ1) is 21.3. The second-order valence-corrected chi connectivity index (χ2v) is 7.71. The van der Waals surface area contributed by atoms with Gasteiger partial charge in [0.15, 0.2) is 5.76 Å². The van der Waals surface area contributed by atoms with Crippen molar-refractivity contribution in [3.8, 4) is 0 Å². The van der Waals surface area contributed by atoms with E-state index in [0.717, 1.165) is 22.6 Å². The monoisotopic (exact) mass is 470 g/mol. The summed E-state index contributed by atoms with van der Waals surface area (Å²) in [4.78, 5) is 27.4. The first-order chi connectivity index (χ1) is 15.4. The summed E-state index contributed by atoms with van der Waals surface area (Å²) in [5.41, 5.74) is 1.11. The number of carbonyl (C=O) groups excluding carboxylic acids is 1. The summed E-state index contributed by atoms with van der Waals surface area (Å²) in [6.45, 7) is 0. The molecule has 2 heterocycles. The van der Waals surface area contributed by atoms with Crippen molar-refractivity contribution in [2.24, 2.45) is 5.10 Å². The number of nitro groups is 1. The Morgan fingerprint density at radius 1 is 1.25 bits per heavy atom. The van der Waals surface area contributed by atoms with Gasteiger partial charge in [-0.25, -0.2) is 9.37 Å². The molecule has 0 aliphatic rings. The summed E-state index contributed by atoms with van der Waals surface area (Å²) in [6, 6.07) is 13.5. The van der Waals surface area contributed by atoms with Crippen molar-refractivity contribution in [2.75, 3.05) is 5.01 Å². The highest BCUT2D eigenvalue weighted by atomic mass is 35.5. The van der Waals surface area contributed by atoms with Gasteiger partial charge in [-0.2, -0.15) is 10.1 Å². The van der Waals surface area contributed by atoms with E-state index < -0.39 is 22.5 Å². The first-order valence-corrected chi connectivity index (χ1v) is 10.2. The molecule has 11 heteroatoms. The predicted molar refractivity (Wildman–Crippen MR) is 121 cm³/mol. The molecule has 1 amide bonds. The number of hydrogen-bond acceptors (Lipinski definition) is 7. The predicted octanol–water partition coefficient (Wildman–Crippen LogP) is 5.67. The zero-order valence-electron chi connectivity index (χ0n) is 16.0. The van der Waals surface area contributed by atoms with Gasteiger partial charge in [-0.05, 0) is 42.0 Å². The van der Waals surface area contributed by atoms with Crippen LogP contribution in [0.3, 0.4) is 0 Å². The number of fused-ring (bicyclic) bond motifs is 1. The molecule has 8 nitrogen and oxygen atoms in total. The molecule has 0 spiro atoms. The SMILES string of the molecule is O=C(/C=C/c1ccccc1Cl)N(/N=C/c1ccc([N+](=O)[O-])o1)c1nc2ccc(F)cc2s1. The molecule has 4 aromatic rings. The fourth-order valence-electron chi connectivity index (χ4n) is 2.64. The Balaban J connectivity index is 1.69. The average molecular weight is 471 g/mol. The van der Waals surface area contributed by atoms with Crippen LogP contribution in [0.1, 0.15) is 11.3 Å². The zero-order valence-corrected chi connectivity index (χ0v) is 17.6. The number of amides is 1. The number of halogens is 2. The van der Waals surface area contributed by atoms with Gasteiger partial charge in [0.2, 0.25) is 5.13 Å². The maximum Gasteiger partial charge on any atom is 0.433 e. The highest BCUT2D eigenvalue weighted by Crippen LogP contribution is 2.30. The number of anilines is 1. The number of furan rings is 1. The van der Waals surface area contributed by atoms with Crippen LogP contribution in [-0.4, -0.2) is 22.0 Å². The highest BCUT2D eigenvalue weighted by Gasteiger charge is 2.18. The van der Waals surface area contributed by atoms with Gasteiger partial charge in [0.25, 0.3) is 5.91 Å². The minimum atomic E-state index is -0.686. The Hall–Kier alpha value is -3.89. The molecule has 2 aromatic carbocycles. The maximum atomic E-state index is 13.6. The lowest BCUT2D eigenvalue weighted by Crippen LogP contribution is -2.23. The van der Waals surface area contributed by atoms with E-state index >= 15 is 0 Å². The fourth-order valence-corrected chi connectivity index (χ4v) is 3.80. The molecule has 4 rings (SSSR count). The van der Waals surface area contributed by atoms with Gasteiger partial charge >= 0.3 is 5.88 Å². The number of hydrazone groups is 1. The molecular weight excluding hydrogens is 459 g/mol. The second kappa shape index (κ2) is 9.08. The van der Waals surface area contributed by atoms with E-state index in [1.807, 2.05) is 0 Å². The fraction of sp³-hybridized carbons (Fsp3) is 0. The molecule has 0 atom stereocenters. The molecule has 160 valence electrons.